The molecule has 1 aromatic carbocycles. The molecule has 2 rings (SSSR count). The molecule has 5 nitrogen and oxygen atoms in total. The van der Waals surface area contributed by atoms with Crippen LogP contribution in [-0.4, -0.2) is 44.9 Å². The van der Waals surface area contributed by atoms with E-state index in [0.29, 0.717) is 11.4 Å². The summed E-state index contributed by atoms with van der Waals surface area (Å²) >= 11 is 4.44. The number of benzene rings is 1. The van der Waals surface area contributed by atoms with E-state index in [1.54, 1.807) is 43.3 Å². The average molecular weight is 635 g/mol. The Hall–Kier alpha value is 0.0447. The molecule has 0 spiro atoms. The van der Waals surface area contributed by atoms with Gasteiger partial charge in [0.2, 0.25) is 0 Å². The zero-order valence-corrected chi connectivity index (χ0v) is 21.3. The first kappa shape index (κ1) is 31.7. The van der Waals surface area contributed by atoms with Crippen molar-refractivity contribution in [1.82, 2.24) is 0 Å². The minimum absolute atomic E-state index is 0.431. The van der Waals surface area contributed by atoms with Crippen molar-refractivity contribution in [3.05, 3.63) is 54.6 Å². The van der Waals surface area contributed by atoms with Gasteiger partial charge in [-0.2, -0.15) is 36.4 Å². The second-order valence-corrected chi connectivity index (χ2v) is 7.41. The van der Waals surface area contributed by atoms with Gasteiger partial charge in [0.15, 0.2) is 0 Å². The Labute approximate surface area is 196 Å². The van der Waals surface area contributed by atoms with E-state index in [9.17, 15) is 8.42 Å². The molecule has 0 amide bonds. The van der Waals surface area contributed by atoms with Gasteiger partial charge in [0.25, 0.3) is 0 Å². The number of rotatable bonds is 2. The molecule has 1 aliphatic carbocycles. The summed E-state index contributed by atoms with van der Waals surface area (Å²) in [6.07, 6.45) is 14.4. The summed E-state index contributed by atoms with van der Waals surface area (Å²) in [5, 5.41) is 11.4. The van der Waals surface area contributed by atoms with E-state index in [2.05, 4.69) is 78.1 Å². The number of anilines is 1. The summed E-state index contributed by atoms with van der Waals surface area (Å²) in [6, 6.07) is 10.5. The number of allylic oxidation sites excluding steroid dienone is 4. The van der Waals surface area contributed by atoms with Crippen LogP contribution < -0.4 is 5.43 Å². The molecule has 0 saturated carbocycles. The van der Waals surface area contributed by atoms with Crippen molar-refractivity contribution in [2.45, 2.75) is 0 Å². The third-order valence-electron chi connectivity index (χ3n) is 1.80. The number of hydrazone groups is 1. The van der Waals surface area contributed by atoms with Gasteiger partial charge in [-0.25, -0.2) is 5.10 Å². The summed E-state index contributed by atoms with van der Waals surface area (Å²) < 4.78 is 19.1. The zero-order valence-electron chi connectivity index (χ0n) is 15.0. The molecule has 1 aromatic rings. The molecule has 0 aliphatic heterocycles. The fourth-order valence-electron chi connectivity index (χ4n) is 1.07. The van der Waals surface area contributed by atoms with Crippen LogP contribution in [0.25, 0.3) is 0 Å². The van der Waals surface area contributed by atoms with Crippen LogP contribution in [-0.2, 0) is 58.0 Å². The minimum atomic E-state index is -0.611. The number of halogens is 2. The molecule has 2 N–H and O–H groups in total. The number of hydrogen-bond donors (Lipinski definition) is 2. The maximum absolute atomic E-state index is 9.56. The molecule has 0 unspecified atom stereocenters. The van der Waals surface area contributed by atoms with E-state index in [-0.39, 0.29) is 0 Å². The predicted molar refractivity (Wildman–Crippen MR) is 113 cm³/mol. The SMILES string of the molecule is CS(C)=O.CS(C)=O.N=C1C=[C-]/C(=N\Nc2[c-]cccc2)C=C1.[Cl][Pd+].[Cl][Pd+]. The van der Waals surface area contributed by atoms with Gasteiger partial charge < -0.3 is 10.8 Å². The van der Waals surface area contributed by atoms with Crippen molar-refractivity contribution >= 4 is 57.8 Å². The van der Waals surface area contributed by atoms with E-state index >= 15 is 0 Å². The molecule has 0 saturated heterocycles. The summed E-state index contributed by atoms with van der Waals surface area (Å²) in [5.41, 5.74) is 4.76. The van der Waals surface area contributed by atoms with E-state index in [4.69, 9.17) is 5.41 Å². The molecule has 11 heteroatoms. The maximum atomic E-state index is 9.56. The number of nitrogens with zero attached hydrogens (tertiary/aromatic N) is 1. The van der Waals surface area contributed by atoms with Crippen LogP contribution in [0.4, 0.5) is 5.69 Å². The van der Waals surface area contributed by atoms with Gasteiger partial charge in [-0.1, -0.05) is 11.4 Å². The second-order valence-electron chi connectivity index (χ2n) is 4.45. The first-order valence-corrected chi connectivity index (χ1v) is 14.7. The van der Waals surface area contributed by atoms with Crippen LogP contribution in [0, 0.1) is 17.6 Å². The monoisotopic (exact) mass is 633 g/mol. The molecular weight excluding hydrogens is 614 g/mol. The summed E-state index contributed by atoms with van der Waals surface area (Å²) in [5.74, 6) is 0. The third kappa shape index (κ3) is 28.4. The van der Waals surface area contributed by atoms with Crippen molar-refractivity contribution in [2.75, 3.05) is 30.4 Å². The molecule has 0 fully saturated rings. The fraction of sp³-hybridized carbons (Fsp3) is 0.250. The van der Waals surface area contributed by atoms with Crippen molar-refractivity contribution in [3.63, 3.8) is 0 Å². The van der Waals surface area contributed by atoms with Gasteiger partial charge in [0.05, 0.1) is 0 Å². The van der Waals surface area contributed by atoms with E-state index < -0.39 is 21.6 Å². The Bertz CT molecular complexity index is 606. The van der Waals surface area contributed by atoms with E-state index in [1.807, 2.05) is 24.3 Å². The quantitative estimate of drug-likeness (QED) is 0.226. The number of para-hydroxylation sites is 1. The van der Waals surface area contributed by atoms with Gasteiger partial charge in [-0.15, -0.1) is 18.2 Å². The van der Waals surface area contributed by atoms with Crippen LogP contribution in [0.1, 0.15) is 0 Å². The predicted octanol–water partition coefficient (Wildman–Crippen LogP) is 3.57. The summed E-state index contributed by atoms with van der Waals surface area (Å²) in [6.45, 7) is 0. The molecule has 0 heterocycles. The van der Waals surface area contributed by atoms with Crippen molar-refractivity contribution in [1.29, 1.82) is 5.41 Å². The molecule has 0 radical (unpaired) electrons. The molecule has 0 atom stereocenters. The molecule has 0 bridgehead atoms. The number of nitrogens with one attached hydrogen (secondary N) is 2. The van der Waals surface area contributed by atoms with Crippen molar-refractivity contribution < 1.29 is 44.8 Å². The zero-order chi connectivity index (χ0) is 21.7. The Morgan fingerprint density at radius 2 is 1.56 bits per heavy atom. The fourth-order valence-corrected chi connectivity index (χ4v) is 1.07. The Morgan fingerprint density at radius 1 is 1.04 bits per heavy atom. The van der Waals surface area contributed by atoms with Crippen LogP contribution in [0.15, 0.2) is 47.6 Å². The van der Waals surface area contributed by atoms with Crippen LogP contribution in [0.2, 0.25) is 0 Å². The Balaban J connectivity index is -0.000000402. The van der Waals surface area contributed by atoms with Gasteiger partial charge >= 0.3 is 55.4 Å². The first-order chi connectivity index (χ1) is 12.8. The Morgan fingerprint density at radius 3 is 1.93 bits per heavy atom. The topological polar surface area (TPSA) is 82.4 Å². The van der Waals surface area contributed by atoms with Crippen molar-refractivity contribution in [2.24, 2.45) is 5.10 Å². The average Bonchev–Trinajstić information content (AvgIpc) is 2.65. The summed E-state index contributed by atoms with van der Waals surface area (Å²) in [4.78, 5) is 0. The van der Waals surface area contributed by atoms with Gasteiger partial charge in [-0.3, -0.25) is 8.42 Å². The summed E-state index contributed by atoms with van der Waals surface area (Å²) in [7, 11) is 7.76. The number of hydrogen-bond acceptors (Lipinski definition) is 5. The molecule has 1 aliphatic rings. The third-order valence-corrected chi connectivity index (χ3v) is 1.80. The van der Waals surface area contributed by atoms with Crippen LogP contribution in [0.3, 0.4) is 0 Å². The normalized spacial score (nSPS) is 12.6. The molecule has 158 valence electrons. The van der Waals surface area contributed by atoms with Crippen LogP contribution >= 0.6 is 19.1 Å². The van der Waals surface area contributed by atoms with Gasteiger partial charge in [0, 0.05) is 46.6 Å². The Kier molecular flexibility index (Phi) is 28.3. The van der Waals surface area contributed by atoms with E-state index in [0.717, 1.165) is 5.69 Å². The van der Waals surface area contributed by atoms with Gasteiger partial charge in [-0.05, 0) is 5.71 Å². The molecular formula is C16H21Cl2N3O2Pd2S2. The van der Waals surface area contributed by atoms with E-state index in [1.165, 1.54) is 0 Å². The standard InChI is InChI=1S/C12H9N3.2C2H6OS.2ClH.2Pd/c13-10-6-8-12(9-7-10)15-14-11-4-2-1-3-5-11;2*1-4(2)3;;;;/h1-4,6-8,13-14H;2*1-2H3;2*1H;;/q-2;;;;;2*+2/p-2/b13-10?,15-12-;;;;;;. The molecule has 27 heavy (non-hydrogen) atoms. The van der Waals surface area contributed by atoms with Gasteiger partial charge in [0.1, 0.15) is 0 Å². The van der Waals surface area contributed by atoms with Crippen LogP contribution in [0.5, 0.6) is 0 Å². The van der Waals surface area contributed by atoms with Crippen molar-refractivity contribution in [3.8, 4) is 0 Å². The molecule has 0 aromatic heterocycles. The first-order valence-electron chi connectivity index (χ1n) is 6.72. The second kappa shape index (κ2) is 24.1.